The van der Waals surface area contributed by atoms with Crippen LogP contribution < -0.4 is 0 Å². The largest absolute Gasteiger partial charge is 0.371 e. The van der Waals surface area contributed by atoms with Gasteiger partial charge in [0.25, 0.3) is 0 Å². The minimum absolute atomic E-state index is 0.528. The molecule has 0 amide bonds. The third-order valence-electron chi connectivity index (χ3n) is 5.40. The van der Waals surface area contributed by atoms with Crippen molar-refractivity contribution < 1.29 is 0 Å². The summed E-state index contributed by atoms with van der Waals surface area (Å²) in [4.78, 5) is 2.40. The molecule has 1 fully saturated rings. The van der Waals surface area contributed by atoms with Crippen molar-refractivity contribution in [3.8, 4) is 0 Å². The average molecular weight is 259 g/mol. The zero-order valence-electron chi connectivity index (χ0n) is 13.2. The topological polar surface area (TPSA) is 3.24 Å². The maximum absolute atomic E-state index is 2.42. The lowest BCUT2D eigenvalue weighted by atomic mass is 9.64. The zero-order valence-corrected chi connectivity index (χ0v) is 13.2. The van der Waals surface area contributed by atoms with Crippen molar-refractivity contribution in [2.45, 2.75) is 53.0 Å². The van der Waals surface area contributed by atoms with Crippen LogP contribution in [-0.2, 0) is 0 Å². The van der Waals surface area contributed by atoms with E-state index < -0.39 is 0 Å². The van der Waals surface area contributed by atoms with E-state index in [4.69, 9.17) is 0 Å². The van der Waals surface area contributed by atoms with Crippen LogP contribution in [0.5, 0.6) is 0 Å². The summed E-state index contributed by atoms with van der Waals surface area (Å²) in [5.74, 6) is 2.76. The summed E-state index contributed by atoms with van der Waals surface area (Å²) in [6, 6.07) is 0.528. The van der Waals surface area contributed by atoms with Crippen LogP contribution in [0.2, 0.25) is 0 Å². The molecule has 19 heavy (non-hydrogen) atoms. The SMILES string of the molecule is CC=C(CC1=CC=CC(C)N1C)CC1CC(C)C1C. The molecule has 1 saturated carbocycles. The van der Waals surface area contributed by atoms with Gasteiger partial charge in [0.15, 0.2) is 0 Å². The van der Waals surface area contributed by atoms with Gasteiger partial charge in [0.2, 0.25) is 0 Å². The summed E-state index contributed by atoms with van der Waals surface area (Å²) < 4.78 is 0. The van der Waals surface area contributed by atoms with Crippen molar-refractivity contribution in [1.29, 1.82) is 0 Å². The lowest BCUT2D eigenvalue weighted by Gasteiger charge is -2.42. The molecule has 0 aromatic rings. The van der Waals surface area contributed by atoms with Gasteiger partial charge < -0.3 is 4.90 Å². The number of nitrogens with zero attached hydrogens (tertiary/aromatic N) is 1. The first kappa shape index (κ1) is 14.4. The molecule has 1 aliphatic carbocycles. The molecule has 4 unspecified atom stereocenters. The van der Waals surface area contributed by atoms with Gasteiger partial charge in [-0.2, -0.15) is 0 Å². The van der Waals surface area contributed by atoms with Crippen molar-refractivity contribution in [2.75, 3.05) is 7.05 Å². The highest BCUT2D eigenvalue weighted by Crippen LogP contribution is 2.44. The lowest BCUT2D eigenvalue weighted by molar-refractivity contribution is 0.103. The van der Waals surface area contributed by atoms with Crippen molar-refractivity contribution >= 4 is 0 Å². The Labute approximate surface area is 119 Å². The van der Waals surface area contributed by atoms with Gasteiger partial charge in [-0.05, 0) is 50.5 Å². The van der Waals surface area contributed by atoms with Gasteiger partial charge >= 0.3 is 0 Å². The third-order valence-corrected chi connectivity index (χ3v) is 5.40. The van der Waals surface area contributed by atoms with E-state index in [9.17, 15) is 0 Å². The molecule has 0 aromatic carbocycles. The molecule has 4 atom stereocenters. The Morgan fingerprint density at radius 1 is 1.37 bits per heavy atom. The fourth-order valence-electron chi connectivity index (χ4n) is 3.33. The van der Waals surface area contributed by atoms with Gasteiger partial charge in [-0.25, -0.2) is 0 Å². The summed E-state index contributed by atoms with van der Waals surface area (Å²) in [6.07, 6.45) is 12.9. The molecule has 1 heterocycles. The average Bonchev–Trinajstić information content (AvgIpc) is 2.41. The van der Waals surface area contributed by atoms with Crippen LogP contribution in [0.15, 0.2) is 35.6 Å². The van der Waals surface area contributed by atoms with E-state index in [1.807, 2.05) is 0 Å². The van der Waals surface area contributed by atoms with Crippen LogP contribution in [-0.4, -0.2) is 18.0 Å². The van der Waals surface area contributed by atoms with Crippen LogP contribution in [0, 0.1) is 17.8 Å². The summed E-state index contributed by atoms with van der Waals surface area (Å²) in [5.41, 5.74) is 3.08. The number of allylic oxidation sites excluding steroid dienone is 4. The maximum atomic E-state index is 2.42. The number of hydrogen-bond acceptors (Lipinski definition) is 1. The third kappa shape index (κ3) is 3.13. The smallest absolute Gasteiger partial charge is 0.0441 e. The normalized spacial score (nSPS) is 35.1. The Kier molecular flexibility index (Phi) is 4.54. The standard InChI is InChI=1S/C18H29N/c1-6-16(11-17-10-13(2)15(17)4)12-18-9-7-8-14(3)19(18)5/h6-9,13-15,17H,10-12H2,1-5H3. The first-order valence-corrected chi connectivity index (χ1v) is 7.77. The fraction of sp³-hybridized carbons (Fsp3) is 0.667. The maximum Gasteiger partial charge on any atom is 0.0441 e. The lowest BCUT2D eigenvalue weighted by Crippen LogP contribution is -2.33. The number of rotatable bonds is 4. The van der Waals surface area contributed by atoms with Crippen molar-refractivity contribution in [3.05, 3.63) is 35.6 Å². The van der Waals surface area contributed by atoms with Gasteiger partial charge in [0, 0.05) is 25.2 Å². The first-order valence-electron chi connectivity index (χ1n) is 7.77. The predicted octanol–water partition coefficient (Wildman–Crippen LogP) is 4.78. The van der Waals surface area contributed by atoms with Gasteiger partial charge in [0.05, 0.1) is 0 Å². The minimum Gasteiger partial charge on any atom is -0.371 e. The van der Waals surface area contributed by atoms with Crippen LogP contribution in [0.3, 0.4) is 0 Å². The highest BCUT2D eigenvalue weighted by atomic mass is 15.1. The van der Waals surface area contributed by atoms with Crippen LogP contribution in [0.4, 0.5) is 0 Å². The molecule has 0 spiro atoms. The first-order chi connectivity index (χ1) is 9.02. The Hall–Kier alpha value is -0.980. The molecule has 1 nitrogen and oxygen atoms in total. The summed E-state index contributed by atoms with van der Waals surface area (Å²) >= 11 is 0. The zero-order chi connectivity index (χ0) is 14.0. The van der Waals surface area contributed by atoms with E-state index >= 15 is 0 Å². The molecular weight excluding hydrogens is 230 g/mol. The molecule has 0 saturated heterocycles. The number of likely N-dealkylation sites (N-methyl/N-ethyl adjacent to an activating group) is 1. The molecule has 1 aliphatic heterocycles. The molecule has 0 radical (unpaired) electrons. The summed E-state index contributed by atoms with van der Waals surface area (Å²) in [7, 11) is 2.21. The Balaban J connectivity index is 1.93. The van der Waals surface area contributed by atoms with Gasteiger partial charge in [-0.1, -0.05) is 37.6 Å². The molecular formula is C18H29N. The Morgan fingerprint density at radius 3 is 2.68 bits per heavy atom. The van der Waals surface area contributed by atoms with E-state index in [-0.39, 0.29) is 0 Å². The quantitative estimate of drug-likeness (QED) is 0.657. The second-order valence-electron chi connectivity index (χ2n) is 6.55. The molecule has 2 aliphatic rings. The van der Waals surface area contributed by atoms with Crippen molar-refractivity contribution in [1.82, 2.24) is 4.90 Å². The van der Waals surface area contributed by atoms with Crippen LogP contribution in [0.1, 0.15) is 47.0 Å². The van der Waals surface area contributed by atoms with Crippen molar-refractivity contribution in [2.24, 2.45) is 17.8 Å². The van der Waals surface area contributed by atoms with E-state index in [1.54, 1.807) is 5.57 Å². The Bertz CT molecular complexity index is 402. The van der Waals surface area contributed by atoms with E-state index in [2.05, 4.69) is 63.9 Å². The molecule has 106 valence electrons. The molecule has 2 rings (SSSR count). The van der Waals surface area contributed by atoms with Gasteiger partial charge in [0.1, 0.15) is 0 Å². The summed E-state index contributed by atoms with van der Waals surface area (Å²) in [6.45, 7) is 9.27. The van der Waals surface area contributed by atoms with Crippen LogP contribution in [0.25, 0.3) is 0 Å². The second kappa shape index (κ2) is 5.98. The highest BCUT2D eigenvalue weighted by molar-refractivity contribution is 5.24. The molecule has 1 heteroatoms. The molecule has 0 bridgehead atoms. The number of hydrogen-bond donors (Lipinski definition) is 0. The monoisotopic (exact) mass is 259 g/mol. The second-order valence-corrected chi connectivity index (χ2v) is 6.55. The van der Waals surface area contributed by atoms with E-state index in [0.29, 0.717) is 6.04 Å². The van der Waals surface area contributed by atoms with Crippen molar-refractivity contribution in [3.63, 3.8) is 0 Å². The Morgan fingerprint density at radius 2 is 2.11 bits per heavy atom. The van der Waals surface area contributed by atoms with Crippen LogP contribution >= 0.6 is 0 Å². The fourth-order valence-corrected chi connectivity index (χ4v) is 3.33. The van der Waals surface area contributed by atoms with Gasteiger partial charge in [-0.3, -0.25) is 0 Å². The predicted molar refractivity (Wildman–Crippen MR) is 83.9 cm³/mol. The highest BCUT2D eigenvalue weighted by Gasteiger charge is 2.34. The van der Waals surface area contributed by atoms with Gasteiger partial charge in [-0.15, -0.1) is 0 Å². The molecule has 0 aromatic heterocycles. The molecule has 0 N–H and O–H groups in total. The minimum atomic E-state index is 0.528. The summed E-state index contributed by atoms with van der Waals surface area (Å²) in [5, 5.41) is 0. The van der Waals surface area contributed by atoms with E-state index in [0.717, 1.165) is 24.2 Å². The van der Waals surface area contributed by atoms with E-state index in [1.165, 1.54) is 18.5 Å².